The summed E-state index contributed by atoms with van der Waals surface area (Å²) in [5, 5.41) is 3.22. The van der Waals surface area contributed by atoms with Gasteiger partial charge in [0, 0.05) is 26.2 Å². The largest absolute Gasteiger partial charge is 0.383 e. The molecule has 0 bridgehead atoms. The molecule has 0 atom stereocenters. The lowest BCUT2D eigenvalue weighted by atomic mass is 10.1. The van der Waals surface area contributed by atoms with Crippen molar-refractivity contribution in [2.45, 2.75) is 0 Å². The lowest BCUT2D eigenvalue weighted by Gasteiger charge is -2.28. The van der Waals surface area contributed by atoms with E-state index < -0.39 is 5.82 Å². The topological polar surface area (TPSA) is 87.0 Å². The quantitative estimate of drug-likeness (QED) is 0.752. The second-order valence-corrected chi connectivity index (χ2v) is 4.90. The molecule has 21 heavy (non-hydrogen) atoms. The van der Waals surface area contributed by atoms with Crippen molar-refractivity contribution in [3.05, 3.63) is 40.4 Å². The van der Waals surface area contributed by atoms with E-state index >= 15 is 0 Å². The lowest BCUT2D eigenvalue weighted by molar-refractivity contribution is 0.579. The molecule has 2 heterocycles. The third-order valence-corrected chi connectivity index (χ3v) is 3.46. The minimum atomic E-state index is -0.419. The van der Waals surface area contributed by atoms with E-state index in [-0.39, 0.29) is 16.9 Å². The van der Waals surface area contributed by atoms with Crippen molar-refractivity contribution in [2.24, 2.45) is 0 Å². The van der Waals surface area contributed by atoms with Crippen molar-refractivity contribution in [3.8, 4) is 11.1 Å². The summed E-state index contributed by atoms with van der Waals surface area (Å²) in [7, 11) is 0. The Morgan fingerprint density at radius 3 is 2.71 bits per heavy atom. The minimum Gasteiger partial charge on any atom is -0.383 e. The fraction of sp³-hybridized carbons (Fsp3) is 0.286. The number of nitrogens with zero attached hydrogens (tertiary/aromatic N) is 2. The molecular formula is C14H16FN5O. The van der Waals surface area contributed by atoms with Gasteiger partial charge in [-0.2, -0.15) is 4.98 Å². The number of rotatable bonds is 2. The fourth-order valence-corrected chi connectivity index (χ4v) is 2.43. The summed E-state index contributed by atoms with van der Waals surface area (Å²) in [6.45, 7) is 3.16. The summed E-state index contributed by atoms with van der Waals surface area (Å²) in [6, 6.07) is 5.76. The highest BCUT2D eigenvalue weighted by atomic mass is 19.1. The van der Waals surface area contributed by atoms with Gasteiger partial charge in [0.25, 0.3) is 5.56 Å². The monoisotopic (exact) mass is 289 g/mol. The van der Waals surface area contributed by atoms with Crippen LogP contribution in [0.3, 0.4) is 0 Å². The molecule has 110 valence electrons. The Kier molecular flexibility index (Phi) is 3.57. The highest BCUT2D eigenvalue weighted by molar-refractivity contribution is 5.73. The van der Waals surface area contributed by atoms with Gasteiger partial charge in [0.2, 0.25) is 5.95 Å². The van der Waals surface area contributed by atoms with Crippen molar-refractivity contribution in [1.29, 1.82) is 0 Å². The fourth-order valence-electron chi connectivity index (χ4n) is 2.43. The zero-order chi connectivity index (χ0) is 14.8. The van der Waals surface area contributed by atoms with Crippen molar-refractivity contribution >= 4 is 11.8 Å². The van der Waals surface area contributed by atoms with Crippen LogP contribution in [0.25, 0.3) is 11.1 Å². The Morgan fingerprint density at radius 1 is 1.29 bits per heavy atom. The van der Waals surface area contributed by atoms with Crippen molar-refractivity contribution in [1.82, 2.24) is 15.3 Å². The number of aromatic nitrogens is 2. The van der Waals surface area contributed by atoms with Gasteiger partial charge in [-0.25, -0.2) is 4.39 Å². The highest BCUT2D eigenvalue weighted by Gasteiger charge is 2.17. The van der Waals surface area contributed by atoms with E-state index in [2.05, 4.69) is 15.3 Å². The molecule has 0 unspecified atom stereocenters. The second-order valence-electron chi connectivity index (χ2n) is 4.90. The number of nitrogens with one attached hydrogen (secondary N) is 2. The number of aromatic amines is 1. The molecule has 4 N–H and O–H groups in total. The molecule has 1 aliphatic heterocycles. The number of halogens is 1. The third kappa shape index (κ3) is 2.73. The number of anilines is 2. The molecular weight excluding hydrogens is 273 g/mol. The van der Waals surface area contributed by atoms with Crippen LogP contribution in [0.1, 0.15) is 0 Å². The third-order valence-electron chi connectivity index (χ3n) is 3.46. The Labute approximate surface area is 120 Å². The number of nitrogens with two attached hydrogens (primary N) is 1. The zero-order valence-corrected chi connectivity index (χ0v) is 11.4. The number of piperazine rings is 1. The first-order chi connectivity index (χ1) is 10.1. The maximum Gasteiger partial charge on any atom is 0.262 e. The summed E-state index contributed by atoms with van der Waals surface area (Å²) >= 11 is 0. The Bertz CT molecular complexity index is 709. The molecule has 1 fully saturated rings. The molecule has 1 aromatic heterocycles. The molecule has 0 amide bonds. The predicted molar refractivity (Wildman–Crippen MR) is 79.7 cm³/mol. The van der Waals surface area contributed by atoms with E-state index in [0.29, 0.717) is 11.5 Å². The molecule has 6 nitrogen and oxygen atoms in total. The standard InChI is InChI=1S/C14H16FN5O/c15-10-3-1-2-9(8-10)11-12(16)18-14(19-13(11)21)20-6-4-17-5-7-20/h1-3,8,17H,4-7H2,(H3,16,18,19,21). The number of hydrogen-bond acceptors (Lipinski definition) is 5. The molecule has 1 aromatic carbocycles. The van der Waals surface area contributed by atoms with E-state index in [0.717, 1.165) is 26.2 Å². The summed E-state index contributed by atoms with van der Waals surface area (Å²) in [5.41, 5.74) is 6.18. The molecule has 2 aromatic rings. The van der Waals surface area contributed by atoms with Crippen LogP contribution >= 0.6 is 0 Å². The summed E-state index contributed by atoms with van der Waals surface area (Å²) in [5.74, 6) is 0.148. The van der Waals surface area contributed by atoms with E-state index in [1.54, 1.807) is 6.07 Å². The second kappa shape index (κ2) is 5.53. The van der Waals surface area contributed by atoms with Crippen LogP contribution in [-0.2, 0) is 0 Å². The van der Waals surface area contributed by atoms with Crippen LogP contribution in [0.15, 0.2) is 29.1 Å². The number of benzene rings is 1. The van der Waals surface area contributed by atoms with Crippen molar-refractivity contribution < 1.29 is 4.39 Å². The SMILES string of the molecule is Nc1nc(N2CCNCC2)[nH]c(=O)c1-c1cccc(F)c1. The smallest absolute Gasteiger partial charge is 0.262 e. The van der Waals surface area contributed by atoms with Crippen LogP contribution in [0.2, 0.25) is 0 Å². The van der Waals surface area contributed by atoms with Gasteiger partial charge in [-0.3, -0.25) is 9.78 Å². The molecule has 0 saturated carbocycles. The van der Waals surface area contributed by atoms with Gasteiger partial charge < -0.3 is 16.0 Å². The average molecular weight is 289 g/mol. The van der Waals surface area contributed by atoms with Crippen LogP contribution in [0, 0.1) is 5.82 Å². The van der Waals surface area contributed by atoms with Crippen LogP contribution in [-0.4, -0.2) is 36.1 Å². The Morgan fingerprint density at radius 2 is 2.05 bits per heavy atom. The first-order valence-electron chi connectivity index (χ1n) is 6.76. The van der Waals surface area contributed by atoms with Gasteiger partial charge >= 0.3 is 0 Å². The molecule has 7 heteroatoms. The van der Waals surface area contributed by atoms with E-state index in [4.69, 9.17) is 5.73 Å². The number of hydrogen-bond donors (Lipinski definition) is 3. The van der Waals surface area contributed by atoms with E-state index in [1.165, 1.54) is 18.2 Å². The predicted octanol–water partition coefficient (Wildman–Crippen LogP) is 0.568. The minimum absolute atomic E-state index is 0.109. The van der Waals surface area contributed by atoms with Crippen LogP contribution in [0.4, 0.5) is 16.2 Å². The van der Waals surface area contributed by atoms with E-state index in [1.807, 2.05) is 4.90 Å². The maximum absolute atomic E-state index is 13.3. The summed E-state index contributed by atoms with van der Waals surface area (Å²) < 4.78 is 13.3. The molecule has 0 radical (unpaired) electrons. The van der Waals surface area contributed by atoms with Crippen molar-refractivity contribution in [3.63, 3.8) is 0 Å². The van der Waals surface area contributed by atoms with Crippen molar-refractivity contribution in [2.75, 3.05) is 36.8 Å². The van der Waals surface area contributed by atoms with Gasteiger partial charge in [-0.15, -0.1) is 0 Å². The zero-order valence-electron chi connectivity index (χ0n) is 11.4. The van der Waals surface area contributed by atoms with Gasteiger partial charge in [0.05, 0.1) is 5.56 Å². The summed E-state index contributed by atoms with van der Waals surface area (Å²) in [4.78, 5) is 21.2. The lowest BCUT2D eigenvalue weighted by Crippen LogP contribution is -2.44. The van der Waals surface area contributed by atoms with E-state index in [9.17, 15) is 9.18 Å². The van der Waals surface area contributed by atoms with Gasteiger partial charge in [-0.05, 0) is 17.7 Å². The molecule has 0 spiro atoms. The molecule has 3 rings (SSSR count). The highest BCUT2D eigenvalue weighted by Crippen LogP contribution is 2.22. The van der Waals surface area contributed by atoms with Crippen LogP contribution < -0.4 is 21.5 Å². The maximum atomic E-state index is 13.3. The molecule has 1 aliphatic rings. The number of H-pyrrole nitrogens is 1. The Balaban J connectivity index is 2.02. The summed E-state index contributed by atoms with van der Waals surface area (Å²) in [6.07, 6.45) is 0. The normalized spacial score (nSPS) is 15.2. The van der Waals surface area contributed by atoms with Crippen LogP contribution in [0.5, 0.6) is 0 Å². The van der Waals surface area contributed by atoms with Gasteiger partial charge in [0.1, 0.15) is 11.6 Å². The molecule has 0 aliphatic carbocycles. The number of nitrogen functional groups attached to an aromatic ring is 1. The van der Waals surface area contributed by atoms with Gasteiger partial charge in [0.15, 0.2) is 0 Å². The first kappa shape index (κ1) is 13.6. The average Bonchev–Trinajstić information content (AvgIpc) is 2.47. The molecule has 1 saturated heterocycles. The van der Waals surface area contributed by atoms with Gasteiger partial charge in [-0.1, -0.05) is 12.1 Å². The Hall–Kier alpha value is -2.41. The first-order valence-corrected chi connectivity index (χ1v) is 6.76.